The molecular weight excluding hydrogens is 198 g/mol. The molecule has 0 aromatic carbocycles. The van der Waals surface area contributed by atoms with Crippen molar-refractivity contribution in [3.8, 4) is 0 Å². The van der Waals surface area contributed by atoms with E-state index in [0.717, 1.165) is 0 Å². The molecule has 1 unspecified atom stereocenters. The lowest BCUT2D eigenvalue weighted by Crippen LogP contribution is -2.21. The third kappa shape index (κ3) is 1.38. The van der Waals surface area contributed by atoms with E-state index in [4.69, 9.17) is 14.0 Å². The van der Waals surface area contributed by atoms with Crippen LogP contribution in [-0.4, -0.2) is 36.4 Å². The average molecular weight is 207 g/mol. The molecule has 0 spiro atoms. The SMILES string of the molecule is c1coc(C2CON=C2C2=NCCO2)n1. The number of rotatable bonds is 2. The summed E-state index contributed by atoms with van der Waals surface area (Å²) < 4.78 is 10.6. The maximum Gasteiger partial charge on any atom is 0.235 e. The molecule has 0 N–H and O–H groups in total. The normalized spacial score (nSPS) is 24.4. The highest BCUT2D eigenvalue weighted by atomic mass is 16.6. The molecule has 1 aromatic heterocycles. The Labute approximate surface area is 85.6 Å². The van der Waals surface area contributed by atoms with E-state index in [9.17, 15) is 0 Å². The fraction of sp³-hybridized carbons (Fsp3) is 0.444. The summed E-state index contributed by atoms with van der Waals surface area (Å²) in [5, 5.41) is 3.92. The number of nitrogens with zero attached hydrogens (tertiary/aromatic N) is 3. The maximum atomic E-state index is 5.33. The van der Waals surface area contributed by atoms with Crippen LogP contribution < -0.4 is 0 Å². The third-order valence-corrected chi connectivity index (χ3v) is 2.29. The van der Waals surface area contributed by atoms with Crippen LogP contribution in [0.1, 0.15) is 11.8 Å². The van der Waals surface area contributed by atoms with Gasteiger partial charge in [0.05, 0.1) is 12.7 Å². The monoisotopic (exact) mass is 207 g/mol. The molecule has 1 atom stereocenters. The van der Waals surface area contributed by atoms with Crippen molar-refractivity contribution in [3.63, 3.8) is 0 Å². The van der Waals surface area contributed by atoms with E-state index in [2.05, 4.69) is 15.1 Å². The minimum Gasteiger partial charge on any atom is -0.475 e. The van der Waals surface area contributed by atoms with Crippen LogP contribution in [0.15, 0.2) is 27.0 Å². The second kappa shape index (κ2) is 3.38. The highest BCUT2D eigenvalue weighted by molar-refractivity contribution is 6.41. The summed E-state index contributed by atoms with van der Waals surface area (Å²) in [7, 11) is 0. The predicted octanol–water partition coefficient (Wildman–Crippen LogP) is 0.573. The minimum atomic E-state index is -0.100. The molecule has 6 nitrogen and oxygen atoms in total. The fourth-order valence-electron chi connectivity index (χ4n) is 1.60. The quantitative estimate of drug-likeness (QED) is 0.711. The molecule has 6 heteroatoms. The van der Waals surface area contributed by atoms with Crippen molar-refractivity contribution in [2.45, 2.75) is 5.92 Å². The molecule has 3 rings (SSSR count). The number of hydrogen-bond acceptors (Lipinski definition) is 6. The third-order valence-electron chi connectivity index (χ3n) is 2.29. The Morgan fingerprint density at radius 3 is 3.13 bits per heavy atom. The van der Waals surface area contributed by atoms with Crippen LogP contribution in [0.4, 0.5) is 0 Å². The van der Waals surface area contributed by atoms with Gasteiger partial charge in [-0.15, -0.1) is 0 Å². The van der Waals surface area contributed by atoms with Crippen LogP contribution in [-0.2, 0) is 9.57 Å². The van der Waals surface area contributed by atoms with Gasteiger partial charge in [-0.1, -0.05) is 5.16 Å². The van der Waals surface area contributed by atoms with E-state index in [1.54, 1.807) is 6.20 Å². The Kier molecular flexibility index (Phi) is 1.90. The number of aromatic nitrogens is 1. The first-order chi connectivity index (χ1) is 7.45. The van der Waals surface area contributed by atoms with Gasteiger partial charge in [-0.05, 0) is 0 Å². The molecule has 2 aliphatic heterocycles. The average Bonchev–Trinajstić information content (AvgIpc) is 3.01. The summed E-state index contributed by atoms with van der Waals surface area (Å²) in [5.74, 6) is 1.04. The highest BCUT2D eigenvalue weighted by Gasteiger charge is 2.34. The molecule has 1 aromatic rings. The van der Waals surface area contributed by atoms with Gasteiger partial charge in [0.2, 0.25) is 11.8 Å². The van der Waals surface area contributed by atoms with Crippen molar-refractivity contribution >= 4 is 11.6 Å². The number of oxime groups is 1. The Morgan fingerprint density at radius 2 is 2.40 bits per heavy atom. The highest BCUT2D eigenvalue weighted by Crippen LogP contribution is 2.23. The Morgan fingerprint density at radius 1 is 1.40 bits per heavy atom. The summed E-state index contributed by atoms with van der Waals surface area (Å²) in [6.45, 7) is 1.71. The molecule has 0 radical (unpaired) electrons. The number of oxazole rings is 1. The summed E-state index contributed by atoms with van der Waals surface area (Å²) >= 11 is 0. The van der Waals surface area contributed by atoms with Crippen LogP contribution in [0.2, 0.25) is 0 Å². The molecule has 0 saturated carbocycles. The second-order valence-electron chi connectivity index (χ2n) is 3.23. The molecule has 0 bridgehead atoms. The van der Waals surface area contributed by atoms with Crippen LogP contribution in [0.3, 0.4) is 0 Å². The van der Waals surface area contributed by atoms with Crippen molar-refractivity contribution in [2.75, 3.05) is 19.8 Å². The van der Waals surface area contributed by atoms with Gasteiger partial charge in [-0.2, -0.15) is 0 Å². The van der Waals surface area contributed by atoms with Crippen LogP contribution in [0, 0.1) is 0 Å². The maximum absolute atomic E-state index is 5.33. The summed E-state index contributed by atoms with van der Waals surface area (Å²) in [6.07, 6.45) is 3.13. The lowest BCUT2D eigenvalue weighted by atomic mass is 10.1. The van der Waals surface area contributed by atoms with Gasteiger partial charge in [0.1, 0.15) is 25.4 Å². The van der Waals surface area contributed by atoms with Gasteiger partial charge in [-0.3, -0.25) is 0 Å². The van der Waals surface area contributed by atoms with Gasteiger partial charge in [0.25, 0.3) is 0 Å². The molecule has 2 aliphatic rings. The van der Waals surface area contributed by atoms with Gasteiger partial charge < -0.3 is 14.0 Å². The first-order valence-corrected chi connectivity index (χ1v) is 4.72. The van der Waals surface area contributed by atoms with Gasteiger partial charge in [0, 0.05) is 0 Å². The molecule has 0 aliphatic carbocycles. The summed E-state index contributed by atoms with van der Waals surface area (Å²) in [4.78, 5) is 13.3. The van der Waals surface area contributed by atoms with E-state index in [0.29, 0.717) is 37.3 Å². The van der Waals surface area contributed by atoms with E-state index >= 15 is 0 Å². The zero-order chi connectivity index (χ0) is 10.1. The Balaban J connectivity index is 1.89. The van der Waals surface area contributed by atoms with Gasteiger partial charge >= 0.3 is 0 Å². The van der Waals surface area contributed by atoms with Crippen molar-refractivity contribution in [1.29, 1.82) is 0 Å². The molecule has 0 fully saturated rings. The van der Waals surface area contributed by atoms with Crippen molar-refractivity contribution in [1.82, 2.24) is 4.98 Å². The molecule has 0 amide bonds. The van der Waals surface area contributed by atoms with Crippen molar-refractivity contribution < 1.29 is 14.0 Å². The number of ether oxygens (including phenoxy) is 1. The van der Waals surface area contributed by atoms with Gasteiger partial charge in [-0.25, -0.2) is 9.98 Å². The largest absolute Gasteiger partial charge is 0.475 e. The molecule has 0 saturated heterocycles. The summed E-state index contributed by atoms with van der Waals surface area (Å²) in [5.41, 5.74) is 0.676. The van der Waals surface area contributed by atoms with Gasteiger partial charge in [0.15, 0.2) is 5.71 Å². The smallest absolute Gasteiger partial charge is 0.235 e. The topological polar surface area (TPSA) is 69.2 Å². The summed E-state index contributed by atoms with van der Waals surface area (Å²) in [6, 6.07) is 0. The molecule has 15 heavy (non-hydrogen) atoms. The van der Waals surface area contributed by atoms with Crippen LogP contribution in [0.5, 0.6) is 0 Å². The lowest BCUT2D eigenvalue weighted by molar-refractivity contribution is 0.162. The molecule has 78 valence electrons. The van der Waals surface area contributed by atoms with E-state index < -0.39 is 0 Å². The number of aliphatic imine (C=N–C) groups is 1. The first kappa shape index (κ1) is 8.46. The predicted molar refractivity (Wildman–Crippen MR) is 50.9 cm³/mol. The standard InChI is InChI=1S/C9H9N3O3/c1-3-13-8(10-1)6-5-15-12-7(6)9-11-2-4-14-9/h1,3,6H,2,4-5H2. The lowest BCUT2D eigenvalue weighted by Gasteiger charge is -2.05. The minimum absolute atomic E-state index is 0.100. The molecular formula is C9H9N3O3. The van der Waals surface area contributed by atoms with E-state index in [-0.39, 0.29) is 5.92 Å². The molecule has 3 heterocycles. The van der Waals surface area contributed by atoms with E-state index in [1.165, 1.54) is 6.26 Å². The number of hydrogen-bond donors (Lipinski definition) is 0. The zero-order valence-electron chi connectivity index (χ0n) is 7.92. The van der Waals surface area contributed by atoms with Crippen LogP contribution >= 0.6 is 0 Å². The van der Waals surface area contributed by atoms with Crippen molar-refractivity contribution in [3.05, 3.63) is 18.4 Å². The fourth-order valence-corrected chi connectivity index (χ4v) is 1.60. The van der Waals surface area contributed by atoms with E-state index in [1.807, 2.05) is 0 Å². The zero-order valence-corrected chi connectivity index (χ0v) is 7.92. The Bertz CT molecular complexity index is 410. The van der Waals surface area contributed by atoms with Crippen LogP contribution in [0.25, 0.3) is 0 Å². The second-order valence-corrected chi connectivity index (χ2v) is 3.23. The Hall–Kier alpha value is -1.85. The first-order valence-electron chi connectivity index (χ1n) is 4.72. The van der Waals surface area contributed by atoms with Crippen molar-refractivity contribution in [2.24, 2.45) is 10.1 Å².